The largest absolute Gasteiger partial charge is 0.465 e. The molecule has 1 aliphatic carbocycles. The molecule has 0 spiro atoms. The van der Waals surface area contributed by atoms with Crippen LogP contribution in [0.25, 0.3) is 10.9 Å². The number of fused-ring (bicyclic) bond motifs is 1. The molecular weight excluding hydrogens is 242 g/mol. The zero-order valence-corrected chi connectivity index (χ0v) is 10.7. The number of nitrogens with one attached hydrogen (secondary N) is 1. The number of anilines is 1. The third kappa shape index (κ3) is 2.54. The van der Waals surface area contributed by atoms with Crippen molar-refractivity contribution in [2.75, 3.05) is 12.3 Å². The van der Waals surface area contributed by atoms with Crippen molar-refractivity contribution in [3.8, 4) is 6.01 Å². The van der Waals surface area contributed by atoms with Crippen LogP contribution in [-0.2, 0) is 0 Å². The lowest BCUT2D eigenvalue weighted by molar-refractivity contribution is 0.212. The van der Waals surface area contributed by atoms with Crippen LogP contribution in [0.15, 0.2) is 23.0 Å². The van der Waals surface area contributed by atoms with Crippen LogP contribution in [0.5, 0.6) is 6.01 Å². The standard InChI is InChI=1S/C14H17N3O2/c15-10-4-5-12-11(8-10)13(18)17-14(16-12)19-7-6-9-2-1-3-9/h4-5,8-9H,1-3,6-7,15H2,(H,16,17,18). The van der Waals surface area contributed by atoms with Crippen LogP contribution in [0.4, 0.5) is 5.69 Å². The fourth-order valence-corrected chi connectivity index (χ4v) is 2.31. The molecule has 0 unspecified atom stereocenters. The number of aromatic nitrogens is 2. The molecule has 0 aliphatic heterocycles. The quantitative estimate of drug-likeness (QED) is 0.824. The highest BCUT2D eigenvalue weighted by atomic mass is 16.5. The first-order chi connectivity index (χ1) is 9.22. The van der Waals surface area contributed by atoms with Gasteiger partial charge >= 0.3 is 0 Å². The minimum atomic E-state index is -0.212. The molecule has 2 aromatic rings. The van der Waals surface area contributed by atoms with E-state index >= 15 is 0 Å². The summed E-state index contributed by atoms with van der Waals surface area (Å²) in [4.78, 5) is 18.8. The number of hydrogen-bond acceptors (Lipinski definition) is 4. The van der Waals surface area contributed by atoms with Gasteiger partial charge in [-0.2, -0.15) is 4.98 Å². The molecule has 0 amide bonds. The van der Waals surface area contributed by atoms with Gasteiger partial charge < -0.3 is 10.5 Å². The molecule has 1 heterocycles. The summed E-state index contributed by atoms with van der Waals surface area (Å²) in [6.45, 7) is 0.605. The van der Waals surface area contributed by atoms with Gasteiger partial charge in [0.1, 0.15) is 0 Å². The molecule has 1 saturated carbocycles. The van der Waals surface area contributed by atoms with Crippen molar-refractivity contribution in [2.24, 2.45) is 5.92 Å². The minimum absolute atomic E-state index is 0.212. The van der Waals surface area contributed by atoms with Gasteiger partial charge in [0.2, 0.25) is 0 Å². The number of H-pyrrole nitrogens is 1. The van der Waals surface area contributed by atoms with Gasteiger partial charge in [-0.05, 0) is 30.5 Å². The summed E-state index contributed by atoms with van der Waals surface area (Å²) in [6.07, 6.45) is 4.95. The number of ether oxygens (including phenoxy) is 1. The zero-order valence-electron chi connectivity index (χ0n) is 10.7. The molecule has 1 aromatic heterocycles. The highest BCUT2D eigenvalue weighted by molar-refractivity contribution is 5.81. The van der Waals surface area contributed by atoms with E-state index in [1.807, 2.05) is 0 Å². The molecule has 1 aromatic carbocycles. The van der Waals surface area contributed by atoms with Gasteiger partial charge in [0.15, 0.2) is 0 Å². The van der Waals surface area contributed by atoms with E-state index in [0.29, 0.717) is 29.2 Å². The highest BCUT2D eigenvalue weighted by Crippen LogP contribution is 2.29. The summed E-state index contributed by atoms with van der Waals surface area (Å²) in [5.41, 5.74) is 6.60. The molecule has 5 heteroatoms. The second-order valence-electron chi connectivity index (χ2n) is 5.08. The molecule has 0 radical (unpaired) electrons. The zero-order chi connectivity index (χ0) is 13.2. The average molecular weight is 259 g/mol. The first-order valence-electron chi connectivity index (χ1n) is 6.65. The molecule has 19 heavy (non-hydrogen) atoms. The van der Waals surface area contributed by atoms with Crippen molar-refractivity contribution in [3.05, 3.63) is 28.6 Å². The number of aromatic amines is 1. The molecular formula is C14H17N3O2. The minimum Gasteiger partial charge on any atom is -0.465 e. The van der Waals surface area contributed by atoms with Crippen molar-refractivity contribution < 1.29 is 4.74 Å². The molecule has 0 bridgehead atoms. The van der Waals surface area contributed by atoms with E-state index in [1.54, 1.807) is 18.2 Å². The predicted molar refractivity (Wildman–Crippen MR) is 74.2 cm³/mol. The Morgan fingerprint density at radius 1 is 1.42 bits per heavy atom. The Kier molecular flexibility index (Phi) is 3.11. The third-order valence-electron chi connectivity index (χ3n) is 3.70. The summed E-state index contributed by atoms with van der Waals surface area (Å²) >= 11 is 0. The van der Waals surface area contributed by atoms with Gasteiger partial charge in [-0.1, -0.05) is 19.3 Å². The topological polar surface area (TPSA) is 81.0 Å². The molecule has 3 N–H and O–H groups in total. The fourth-order valence-electron chi connectivity index (χ4n) is 2.31. The lowest BCUT2D eigenvalue weighted by Gasteiger charge is -2.24. The maximum absolute atomic E-state index is 11.9. The molecule has 100 valence electrons. The smallest absolute Gasteiger partial charge is 0.297 e. The second kappa shape index (κ2) is 4.91. The highest BCUT2D eigenvalue weighted by Gasteiger charge is 2.17. The van der Waals surface area contributed by atoms with Crippen LogP contribution in [0.3, 0.4) is 0 Å². The maximum Gasteiger partial charge on any atom is 0.297 e. The summed E-state index contributed by atoms with van der Waals surface area (Å²) in [5.74, 6) is 0.784. The van der Waals surface area contributed by atoms with E-state index in [2.05, 4.69) is 9.97 Å². The van der Waals surface area contributed by atoms with E-state index in [-0.39, 0.29) is 5.56 Å². The Labute approximate surface area is 110 Å². The van der Waals surface area contributed by atoms with Crippen LogP contribution in [0.1, 0.15) is 25.7 Å². The van der Waals surface area contributed by atoms with Crippen LogP contribution in [-0.4, -0.2) is 16.6 Å². The number of nitrogens with zero attached hydrogens (tertiary/aromatic N) is 1. The monoisotopic (exact) mass is 259 g/mol. The normalized spacial score (nSPS) is 15.4. The summed E-state index contributed by atoms with van der Waals surface area (Å²) < 4.78 is 5.53. The Bertz CT molecular complexity index is 647. The first-order valence-corrected chi connectivity index (χ1v) is 6.65. The van der Waals surface area contributed by atoms with Gasteiger partial charge in [-0.3, -0.25) is 9.78 Å². The maximum atomic E-state index is 11.9. The number of rotatable bonds is 4. The van der Waals surface area contributed by atoms with Crippen LogP contribution in [0, 0.1) is 5.92 Å². The Hall–Kier alpha value is -2.04. The van der Waals surface area contributed by atoms with Gasteiger partial charge in [0.25, 0.3) is 11.6 Å². The molecule has 1 aliphatic rings. The van der Waals surface area contributed by atoms with Crippen molar-refractivity contribution >= 4 is 16.6 Å². The van der Waals surface area contributed by atoms with E-state index in [4.69, 9.17) is 10.5 Å². The van der Waals surface area contributed by atoms with Crippen LogP contribution >= 0.6 is 0 Å². The number of nitrogen functional groups attached to an aromatic ring is 1. The molecule has 3 rings (SSSR count). The van der Waals surface area contributed by atoms with Crippen molar-refractivity contribution in [1.82, 2.24) is 9.97 Å². The van der Waals surface area contributed by atoms with Crippen molar-refractivity contribution in [1.29, 1.82) is 0 Å². The lowest BCUT2D eigenvalue weighted by atomic mass is 9.83. The van der Waals surface area contributed by atoms with Gasteiger partial charge in [0.05, 0.1) is 17.5 Å². The van der Waals surface area contributed by atoms with Crippen LogP contribution in [0.2, 0.25) is 0 Å². The van der Waals surface area contributed by atoms with Gasteiger partial charge in [-0.15, -0.1) is 0 Å². The Balaban J connectivity index is 1.76. The average Bonchev–Trinajstić information content (AvgIpc) is 2.33. The Morgan fingerprint density at radius 2 is 2.26 bits per heavy atom. The molecule has 1 fully saturated rings. The molecule has 0 atom stereocenters. The van der Waals surface area contributed by atoms with Crippen molar-refractivity contribution in [2.45, 2.75) is 25.7 Å². The van der Waals surface area contributed by atoms with E-state index < -0.39 is 0 Å². The molecule has 0 saturated heterocycles. The SMILES string of the molecule is Nc1ccc2nc(OCCC3CCC3)[nH]c(=O)c2c1. The lowest BCUT2D eigenvalue weighted by Crippen LogP contribution is -2.16. The van der Waals surface area contributed by atoms with E-state index in [1.165, 1.54) is 19.3 Å². The number of nitrogens with two attached hydrogens (primary N) is 1. The number of hydrogen-bond donors (Lipinski definition) is 2. The van der Waals surface area contributed by atoms with Crippen LogP contribution < -0.4 is 16.0 Å². The second-order valence-corrected chi connectivity index (χ2v) is 5.08. The van der Waals surface area contributed by atoms with E-state index in [9.17, 15) is 4.79 Å². The predicted octanol–water partition coefficient (Wildman–Crippen LogP) is 2.07. The number of benzene rings is 1. The van der Waals surface area contributed by atoms with Crippen molar-refractivity contribution in [3.63, 3.8) is 0 Å². The Morgan fingerprint density at radius 3 is 3.00 bits per heavy atom. The third-order valence-corrected chi connectivity index (χ3v) is 3.70. The summed E-state index contributed by atoms with van der Waals surface area (Å²) in [7, 11) is 0. The van der Waals surface area contributed by atoms with E-state index in [0.717, 1.165) is 12.3 Å². The molecule has 5 nitrogen and oxygen atoms in total. The summed E-state index contributed by atoms with van der Waals surface area (Å²) in [6, 6.07) is 5.38. The van der Waals surface area contributed by atoms with Gasteiger partial charge in [-0.25, -0.2) is 0 Å². The van der Waals surface area contributed by atoms with Gasteiger partial charge in [0, 0.05) is 5.69 Å². The fraction of sp³-hybridized carbons (Fsp3) is 0.429. The first kappa shape index (κ1) is 12.0. The summed E-state index contributed by atoms with van der Waals surface area (Å²) in [5, 5.41) is 0.492.